The average molecular weight is 275 g/mol. The second kappa shape index (κ2) is 6.27. The van der Waals surface area contributed by atoms with Crippen LogP contribution in [-0.4, -0.2) is 30.4 Å². The Kier molecular flexibility index (Phi) is 4.65. The number of carbonyl (C=O) groups excluding carboxylic acids is 1. The average Bonchev–Trinajstić information content (AvgIpc) is 3.23. The second-order valence-electron chi connectivity index (χ2n) is 5.93. The number of rotatable bonds is 6. The molecule has 0 aromatic heterocycles. The van der Waals surface area contributed by atoms with Crippen LogP contribution >= 0.6 is 0 Å². The molecule has 0 aliphatic heterocycles. The fourth-order valence-electron chi connectivity index (χ4n) is 2.41. The first kappa shape index (κ1) is 14.9. The van der Waals surface area contributed by atoms with E-state index in [9.17, 15) is 4.79 Å². The number of nitrogens with zero attached hydrogens (tertiary/aromatic N) is 1. The zero-order valence-corrected chi connectivity index (χ0v) is 12.6. The number of nitrogen functional groups attached to an aromatic ring is 1. The number of aryl methyl sites for hydroxylation is 1. The number of anilines is 2. The molecule has 1 aromatic rings. The maximum Gasteiger partial charge on any atom is 0.225 e. The Labute approximate surface area is 121 Å². The third-order valence-corrected chi connectivity index (χ3v) is 4.23. The molecule has 0 heterocycles. The lowest BCUT2D eigenvalue weighted by Gasteiger charge is -2.24. The van der Waals surface area contributed by atoms with Crippen LogP contribution in [0.4, 0.5) is 11.4 Å². The summed E-state index contributed by atoms with van der Waals surface area (Å²) in [6, 6.07) is 6.16. The monoisotopic (exact) mass is 275 g/mol. The molecule has 110 valence electrons. The highest BCUT2D eigenvalue weighted by molar-refractivity contribution is 5.92. The van der Waals surface area contributed by atoms with E-state index >= 15 is 0 Å². The summed E-state index contributed by atoms with van der Waals surface area (Å²) in [5.41, 5.74) is 8.26. The molecular weight excluding hydrogens is 250 g/mol. The largest absolute Gasteiger partial charge is 0.399 e. The smallest absolute Gasteiger partial charge is 0.225 e. The number of nitrogens with two attached hydrogens (primary N) is 1. The Morgan fingerprint density at radius 3 is 2.85 bits per heavy atom. The number of nitrogens with one attached hydrogen (secondary N) is 1. The lowest BCUT2D eigenvalue weighted by molar-refractivity contribution is -0.116. The summed E-state index contributed by atoms with van der Waals surface area (Å²) >= 11 is 0. The molecule has 0 radical (unpaired) electrons. The molecule has 1 atom stereocenters. The summed E-state index contributed by atoms with van der Waals surface area (Å²) in [5, 5.41) is 2.94. The van der Waals surface area contributed by atoms with Crippen molar-refractivity contribution in [3.8, 4) is 0 Å². The molecule has 1 aliphatic carbocycles. The Morgan fingerprint density at radius 2 is 2.20 bits per heavy atom. The van der Waals surface area contributed by atoms with Gasteiger partial charge in [0, 0.05) is 30.4 Å². The second-order valence-corrected chi connectivity index (χ2v) is 5.93. The molecule has 2 rings (SSSR count). The van der Waals surface area contributed by atoms with Crippen molar-refractivity contribution in [3.63, 3.8) is 0 Å². The summed E-state index contributed by atoms with van der Waals surface area (Å²) in [4.78, 5) is 14.3. The molecule has 1 unspecified atom stereocenters. The van der Waals surface area contributed by atoms with Crippen molar-refractivity contribution in [2.45, 2.75) is 39.2 Å². The van der Waals surface area contributed by atoms with Crippen molar-refractivity contribution in [2.24, 2.45) is 5.92 Å². The number of amides is 1. The van der Waals surface area contributed by atoms with Gasteiger partial charge in [-0.25, -0.2) is 0 Å². The summed E-state index contributed by atoms with van der Waals surface area (Å²) in [7, 11) is 2.10. The first-order valence-corrected chi connectivity index (χ1v) is 7.33. The molecule has 0 spiro atoms. The van der Waals surface area contributed by atoms with Crippen LogP contribution in [0.25, 0.3) is 0 Å². The SMILES string of the molecule is Cc1ccc(N)cc1NC(=O)CCN(C)C(C)C1CC1. The van der Waals surface area contributed by atoms with Gasteiger partial charge in [0.25, 0.3) is 0 Å². The van der Waals surface area contributed by atoms with E-state index < -0.39 is 0 Å². The Morgan fingerprint density at radius 1 is 1.50 bits per heavy atom. The summed E-state index contributed by atoms with van der Waals surface area (Å²) < 4.78 is 0. The van der Waals surface area contributed by atoms with Crippen LogP contribution < -0.4 is 11.1 Å². The molecule has 1 amide bonds. The number of hydrogen-bond acceptors (Lipinski definition) is 3. The standard InChI is InChI=1S/C16H25N3O/c1-11-4-7-14(17)10-15(11)18-16(20)8-9-19(3)12(2)13-5-6-13/h4,7,10,12-13H,5-6,8-9,17H2,1-3H3,(H,18,20). The molecule has 4 heteroatoms. The van der Waals surface area contributed by atoms with Crippen molar-refractivity contribution in [1.82, 2.24) is 4.90 Å². The quantitative estimate of drug-likeness (QED) is 0.785. The van der Waals surface area contributed by atoms with Gasteiger partial charge >= 0.3 is 0 Å². The molecule has 0 bridgehead atoms. The van der Waals surface area contributed by atoms with Gasteiger partial charge in [-0.15, -0.1) is 0 Å². The van der Waals surface area contributed by atoms with Gasteiger partial charge in [0.1, 0.15) is 0 Å². The number of hydrogen-bond donors (Lipinski definition) is 2. The van der Waals surface area contributed by atoms with E-state index in [4.69, 9.17) is 5.73 Å². The minimum Gasteiger partial charge on any atom is -0.399 e. The van der Waals surface area contributed by atoms with Crippen molar-refractivity contribution >= 4 is 17.3 Å². The first-order chi connectivity index (χ1) is 9.47. The molecular formula is C16H25N3O. The van der Waals surface area contributed by atoms with Crippen molar-refractivity contribution < 1.29 is 4.79 Å². The van der Waals surface area contributed by atoms with Gasteiger partial charge in [-0.3, -0.25) is 4.79 Å². The highest BCUT2D eigenvalue weighted by atomic mass is 16.1. The molecule has 1 fully saturated rings. The van der Waals surface area contributed by atoms with Crippen LogP contribution in [0.1, 0.15) is 31.7 Å². The number of benzene rings is 1. The normalized spacial score (nSPS) is 16.2. The predicted octanol–water partition coefficient (Wildman–Crippen LogP) is 2.64. The van der Waals surface area contributed by atoms with Crippen LogP contribution in [-0.2, 0) is 4.79 Å². The third kappa shape index (κ3) is 3.97. The van der Waals surface area contributed by atoms with Gasteiger partial charge in [0.15, 0.2) is 0 Å². The van der Waals surface area contributed by atoms with E-state index in [1.54, 1.807) is 0 Å². The molecule has 3 N–H and O–H groups in total. The zero-order valence-electron chi connectivity index (χ0n) is 12.6. The minimum atomic E-state index is 0.0496. The molecule has 1 aromatic carbocycles. The molecule has 0 saturated heterocycles. The van der Waals surface area contributed by atoms with Gasteiger partial charge in [0.2, 0.25) is 5.91 Å². The number of carbonyl (C=O) groups is 1. The van der Waals surface area contributed by atoms with Crippen LogP contribution in [0.5, 0.6) is 0 Å². The highest BCUT2D eigenvalue weighted by Crippen LogP contribution is 2.34. The Hall–Kier alpha value is -1.55. The Bertz CT molecular complexity index is 483. The third-order valence-electron chi connectivity index (χ3n) is 4.23. The van der Waals surface area contributed by atoms with E-state index in [0.29, 0.717) is 18.2 Å². The maximum atomic E-state index is 12.0. The van der Waals surface area contributed by atoms with Gasteiger partial charge in [0.05, 0.1) is 0 Å². The Balaban J connectivity index is 1.81. The minimum absolute atomic E-state index is 0.0496. The fourth-order valence-corrected chi connectivity index (χ4v) is 2.41. The lowest BCUT2D eigenvalue weighted by atomic mass is 10.1. The summed E-state index contributed by atoms with van der Waals surface area (Å²) in [6.45, 7) is 5.01. The van der Waals surface area contributed by atoms with Gasteiger partial charge in [-0.2, -0.15) is 0 Å². The van der Waals surface area contributed by atoms with Gasteiger partial charge < -0.3 is 16.0 Å². The molecule has 20 heavy (non-hydrogen) atoms. The zero-order chi connectivity index (χ0) is 14.7. The fraction of sp³-hybridized carbons (Fsp3) is 0.562. The van der Waals surface area contributed by atoms with E-state index in [1.165, 1.54) is 12.8 Å². The molecule has 4 nitrogen and oxygen atoms in total. The van der Waals surface area contributed by atoms with E-state index in [-0.39, 0.29) is 5.91 Å². The molecule has 1 aliphatic rings. The molecule has 1 saturated carbocycles. The van der Waals surface area contributed by atoms with Crippen LogP contribution in [0.3, 0.4) is 0 Å². The topological polar surface area (TPSA) is 58.4 Å². The summed E-state index contributed by atoms with van der Waals surface area (Å²) in [5.74, 6) is 0.882. The van der Waals surface area contributed by atoms with Gasteiger partial charge in [-0.05, 0) is 57.4 Å². The predicted molar refractivity (Wildman–Crippen MR) is 83.7 cm³/mol. The van der Waals surface area contributed by atoms with Crippen LogP contribution in [0.2, 0.25) is 0 Å². The maximum absolute atomic E-state index is 12.0. The van der Waals surface area contributed by atoms with Gasteiger partial charge in [-0.1, -0.05) is 6.07 Å². The van der Waals surface area contributed by atoms with Crippen LogP contribution in [0.15, 0.2) is 18.2 Å². The lowest BCUT2D eigenvalue weighted by Crippen LogP contribution is -2.33. The summed E-state index contributed by atoms with van der Waals surface area (Å²) in [6.07, 6.45) is 3.18. The van der Waals surface area contributed by atoms with Crippen LogP contribution in [0, 0.1) is 12.8 Å². The van der Waals surface area contributed by atoms with E-state index in [0.717, 1.165) is 23.7 Å². The first-order valence-electron chi connectivity index (χ1n) is 7.33. The van der Waals surface area contributed by atoms with Crippen molar-refractivity contribution in [1.29, 1.82) is 0 Å². The van der Waals surface area contributed by atoms with E-state index in [2.05, 4.69) is 24.2 Å². The van der Waals surface area contributed by atoms with Crippen molar-refractivity contribution in [2.75, 3.05) is 24.6 Å². The highest BCUT2D eigenvalue weighted by Gasteiger charge is 2.30. The van der Waals surface area contributed by atoms with E-state index in [1.807, 2.05) is 25.1 Å². The van der Waals surface area contributed by atoms with Crippen molar-refractivity contribution in [3.05, 3.63) is 23.8 Å².